The number of thioether (sulfide) groups is 1. The van der Waals surface area contributed by atoms with Gasteiger partial charge in [0.25, 0.3) is 0 Å². The van der Waals surface area contributed by atoms with Crippen molar-refractivity contribution in [1.29, 1.82) is 0 Å². The summed E-state index contributed by atoms with van der Waals surface area (Å²) in [5, 5.41) is 3.36. The SMILES string of the molecule is CNC(CCSC)c1ccc(C)s1. The average Bonchev–Trinajstić information content (AvgIpc) is 2.54. The maximum absolute atomic E-state index is 3.36. The third-order valence-corrected chi connectivity index (χ3v) is 3.82. The Bertz CT molecular complexity index is 245. The molecule has 13 heavy (non-hydrogen) atoms. The van der Waals surface area contributed by atoms with E-state index in [1.54, 1.807) is 0 Å². The predicted molar refractivity (Wildman–Crippen MR) is 63.9 cm³/mol. The Labute approximate surface area is 88.9 Å². The second kappa shape index (κ2) is 5.68. The second-order valence-corrected chi connectivity index (χ2v) is 5.38. The van der Waals surface area contributed by atoms with E-state index in [0.717, 1.165) is 0 Å². The predicted octanol–water partition coefficient (Wildman–Crippen LogP) is 3.07. The summed E-state index contributed by atoms with van der Waals surface area (Å²) in [5.74, 6) is 1.22. The minimum atomic E-state index is 0.547. The van der Waals surface area contributed by atoms with Crippen LogP contribution in [0.25, 0.3) is 0 Å². The second-order valence-electron chi connectivity index (χ2n) is 3.07. The first-order valence-corrected chi connectivity index (χ1v) is 6.71. The normalized spacial score (nSPS) is 13.2. The molecule has 74 valence electrons. The highest BCUT2D eigenvalue weighted by molar-refractivity contribution is 7.98. The highest BCUT2D eigenvalue weighted by Crippen LogP contribution is 2.25. The van der Waals surface area contributed by atoms with Crippen LogP contribution in [0, 0.1) is 6.92 Å². The van der Waals surface area contributed by atoms with Gasteiger partial charge in [0.15, 0.2) is 0 Å². The maximum Gasteiger partial charge on any atom is 0.0420 e. The zero-order chi connectivity index (χ0) is 9.68. The van der Waals surface area contributed by atoms with Gasteiger partial charge in [0.1, 0.15) is 0 Å². The van der Waals surface area contributed by atoms with E-state index >= 15 is 0 Å². The molecule has 1 aromatic rings. The minimum Gasteiger partial charge on any atom is -0.312 e. The molecule has 0 amide bonds. The number of hydrogen-bond donors (Lipinski definition) is 1. The van der Waals surface area contributed by atoms with Crippen LogP contribution in [0.2, 0.25) is 0 Å². The van der Waals surface area contributed by atoms with Crippen LogP contribution in [0.5, 0.6) is 0 Å². The van der Waals surface area contributed by atoms with Crippen molar-refractivity contribution in [2.24, 2.45) is 0 Å². The number of nitrogens with one attached hydrogen (secondary N) is 1. The smallest absolute Gasteiger partial charge is 0.0420 e. The van der Waals surface area contributed by atoms with Crippen LogP contribution < -0.4 is 5.32 Å². The summed E-state index contributed by atoms with van der Waals surface area (Å²) in [6.07, 6.45) is 3.38. The van der Waals surface area contributed by atoms with E-state index in [0.29, 0.717) is 6.04 Å². The number of aryl methyl sites for hydroxylation is 1. The molecule has 0 radical (unpaired) electrons. The van der Waals surface area contributed by atoms with Crippen molar-refractivity contribution < 1.29 is 0 Å². The molecular weight excluding hydrogens is 198 g/mol. The van der Waals surface area contributed by atoms with Gasteiger partial charge in [-0.05, 0) is 44.5 Å². The molecule has 0 fully saturated rings. The quantitative estimate of drug-likeness (QED) is 0.810. The molecule has 1 nitrogen and oxygen atoms in total. The number of hydrogen-bond acceptors (Lipinski definition) is 3. The number of thiophene rings is 1. The molecule has 1 rings (SSSR count). The molecule has 0 aromatic carbocycles. The van der Waals surface area contributed by atoms with Crippen LogP contribution in [-0.2, 0) is 0 Å². The summed E-state index contributed by atoms with van der Waals surface area (Å²) in [6.45, 7) is 2.16. The van der Waals surface area contributed by atoms with Crippen LogP contribution in [0.15, 0.2) is 12.1 Å². The van der Waals surface area contributed by atoms with Crippen molar-refractivity contribution in [2.45, 2.75) is 19.4 Å². The largest absolute Gasteiger partial charge is 0.312 e. The van der Waals surface area contributed by atoms with E-state index in [1.165, 1.54) is 21.9 Å². The highest BCUT2D eigenvalue weighted by atomic mass is 32.2. The van der Waals surface area contributed by atoms with Crippen LogP contribution in [-0.4, -0.2) is 19.1 Å². The van der Waals surface area contributed by atoms with Crippen molar-refractivity contribution in [3.05, 3.63) is 21.9 Å². The zero-order valence-corrected chi connectivity index (χ0v) is 10.1. The van der Waals surface area contributed by atoms with Crippen molar-refractivity contribution in [3.63, 3.8) is 0 Å². The van der Waals surface area contributed by atoms with E-state index in [2.05, 4.69) is 30.6 Å². The van der Waals surface area contributed by atoms with E-state index in [4.69, 9.17) is 0 Å². The summed E-state index contributed by atoms with van der Waals surface area (Å²) in [5.41, 5.74) is 0. The lowest BCUT2D eigenvalue weighted by Gasteiger charge is -2.13. The first-order valence-electron chi connectivity index (χ1n) is 4.50. The summed E-state index contributed by atoms with van der Waals surface area (Å²) in [7, 11) is 2.04. The standard InChI is InChI=1S/C10H17NS2/c1-8-4-5-10(13-8)9(11-2)6-7-12-3/h4-5,9,11H,6-7H2,1-3H3. The van der Waals surface area contributed by atoms with Crippen LogP contribution in [0.3, 0.4) is 0 Å². The summed E-state index contributed by atoms with van der Waals surface area (Å²) < 4.78 is 0. The van der Waals surface area contributed by atoms with Gasteiger partial charge in [0.2, 0.25) is 0 Å². The van der Waals surface area contributed by atoms with Crippen LogP contribution >= 0.6 is 23.1 Å². The first-order chi connectivity index (χ1) is 6.27. The van der Waals surface area contributed by atoms with Crippen molar-refractivity contribution in [1.82, 2.24) is 5.32 Å². The first kappa shape index (κ1) is 11.1. The molecular formula is C10H17NS2. The molecule has 1 unspecified atom stereocenters. The Hall–Kier alpha value is 0.01000. The van der Waals surface area contributed by atoms with Gasteiger partial charge in [-0.15, -0.1) is 11.3 Å². The molecule has 0 aliphatic carbocycles. The van der Waals surface area contributed by atoms with E-state index in [1.807, 2.05) is 30.1 Å². The van der Waals surface area contributed by atoms with Gasteiger partial charge >= 0.3 is 0 Å². The lowest BCUT2D eigenvalue weighted by Crippen LogP contribution is -2.15. The fraction of sp³-hybridized carbons (Fsp3) is 0.600. The van der Waals surface area contributed by atoms with Gasteiger partial charge in [-0.25, -0.2) is 0 Å². The van der Waals surface area contributed by atoms with Crippen LogP contribution in [0.1, 0.15) is 22.2 Å². The van der Waals surface area contributed by atoms with Crippen molar-refractivity contribution >= 4 is 23.1 Å². The summed E-state index contributed by atoms with van der Waals surface area (Å²) >= 11 is 3.81. The fourth-order valence-electron chi connectivity index (χ4n) is 1.31. The minimum absolute atomic E-state index is 0.547. The van der Waals surface area contributed by atoms with Gasteiger partial charge in [-0.1, -0.05) is 0 Å². The molecule has 0 aliphatic heterocycles. The van der Waals surface area contributed by atoms with Gasteiger partial charge in [0.05, 0.1) is 0 Å². The van der Waals surface area contributed by atoms with Gasteiger partial charge in [0, 0.05) is 15.8 Å². The highest BCUT2D eigenvalue weighted by Gasteiger charge is 2.09. The van der Waals surface area contributed by atoms with E-state index in [-0.39, 0.29) is 0 Å². The Morgan fingerprint density at radius 2 is 2.31 bits per heavy atom. The topological polar surface area (TPSA) is 12.0 Å². The molecule has 1 aromatic heterocycles. The molecule has 0 saturated carbocycles. The Balaban J connectivity index is 2.56. The molecule has 0 spiro atoms. The lowest BCUT2D eigenvalue weighted by molar-refractivity contribution is 0.591. The molecule has 0 aliphatic rings. The van der Waals surface area contributed by atoms with Crippen molar-refractivity contribution in [2.75, 3.05) is 19.1 Å². The Kier molecular flexibility index (Phi) is 4.84. The molecule has 3 heteroatoms. The zero-order valence-electron chi connectivity index (χ0n) is 8.46. The van der Waals surface area contributed by atoms with E-state index < -0.39 is 0 Å². The maximum atomic E-state index is 3.36. The third kappa shape index (κ3) is 3.33. The summed E-state index contributed by atoms with van der Waals surface area (Å²) in [6, 6.07) is 4.98. The van der Waals surface area contributed by atoms with Crippen LogP contribution in [0.4, 0.5) is 0 Å². The van der Waals surface area contributed by atoms with Crippen molar-refractivity contribution in [3.8, 4) is 0 Å². The van der Waals surface area contributed by atoms with Gasteiger partial charge in [-0.2, -0.15) is 11.8 Å². The monoisotopic (exact) mass is 215 g/mol. The molecule has 0 bridgehead atoms. The average molecular weight is 215 g/mol. The van der Waals surface area contributed by atoms with Gasteiger partial charge < -0.3 is 5.32 Å². The Morgan fingerprint density at radius 1 is 1.54 bits per heavy atom. The van der Waals surface area contributed by atoms with Gasteiger partial charge in [-0.3, -0.25) is 0 Å². The molecule has 1 N–H and O–H groups in total. The summed E-state index contributed by atoms with van der Waals surface area (Å²) in [4.78, 5) is 2.87. The lowest BCUT2D eigenvalue weighted by atomic mass is 10.2. The molecule has 0 saturated heterocycles. The molecule has 1 heterocycles. The van der Waals surface area contributed by atoms with E-state index in [9.17, 15) is 0 Å². The third-order valence-electron chi connectivity index (χ3n) is 2.06. The Morgan fingerprint density at radius 3 is 2.77 bits per heavy atom. The fourth-order valence-corrected chi connectivity index (χ4v) is 2.80. The number of rotatable bonds is 5. The molecule has 1 atom stereocenters.